The molecule has 0 saturated carbocycles. The number of aromatic nitrogens is 2. The molecular weight excluding hydrogens is 328 g/mol. The number of benzene rings is 1. The van der Waals surface area contributed by atoms with Crippen molar-refractivity contribution in [3.8, 4) is 0 Å². The van der Waals surface area contributed by atoms with Crippen molar-refractivity contribution in [2.45, 2.75) is 39.7 Å². The van der Waals surface area contributed by atoms with Crippen LogP contribution in [0.25, 0.3) is 10.9 Å². The van der Waals surface area contributed by atoms with Crippen molar-refractivity contribution in [3.63, 3.8) is 0 Å². The van der Waals surface area contributed by atoms with E-state index in [1.807, 2.05) is 32.9 Å². The van der Waals surface area contributed by atoms with Gasteiger partial charge in [0, 0.05) is 35.6 Å². The summed E-state index contributed by atoms with van der Waals surface area (Å²) in [5, 5.41) is 10.4. The van der Waals surface area contributed by atoms with Crippen LogP contribution in [-0.2, 0) is 13.0 Å². The van der Waals surface area contributed by atoms with Crippen molar-refractivity contribution < 1.29 is 14.7 Å². The number of nitrogens with zero attached hydrogens (tertiary/aromatic N) is 2. The van der Waals surface area contributed by atoms with Gasteiger partial charge < -0.3 is 9.67 Å². The van der Waals surface area contributed by atoms with Gasteiger partial charge in [0.15, 0.2) is 6.29 Å². The minimum atomic E-state index is -0.963. The van der Waals surface area contributed by atoms with E-state index in [0.717, 1.165) is 34.0 Å². The molecule has 3 rings (SSSR count). The van der Waals surface area contributed by atoms with Gasteiger partial charge in [-0.15, -0.1) is 0 Å². The highest BCUT2D eigenvalue weighted by Crippen LogP contribution is 2.34. The molecule has 2 heterocycles. The Kier molecular flexibility index (Phi) is 4.89. The number of aryl methyl sites for hydroxylation is 1. The van der Waals surface area contributed by atoms with Gasteiger partial charge in [-0.1, -0.05) is 26.8 Å². The molecule has 1 N–H and O–H groups in total. The lowest BCUT2D eigenvalue weighted by molar-refractivity contribution is 0.0696. The lowest BCUT2D eigenvalue weighted by Gasteiger charge is -2.14. The van der Waals surface area contributed by atoms with Crippen LogP contribution in [0.15, 0.2) is 36.7 Å². The average molecular weight is 350 g/mol. The Bertz CT molecular complexity index is 972. The highest BCUT2D eigenvalue weighted by molar-refractivity contribution is 6.04. The Morgan fingerprint density at radius 1 is 1.35 bits per heavy atom. The summed E-state index contributed by atoms with van der Waals surface area (Å²) in [6, 6.07) is 7.20. The van der Waals surface area contributed by atoms with E-state index >= 15 is 0 Å². The van der Waals surface area contributed by atoms with Crippen molar-refractivity contribution >= 4 is 23.2 Å². The molecule has 0 aliphatic rings. The second-order valence-electron chi connectivity index (χ2n) is 6.71. The number of hydrogen-bond donors (Lipinski definition) is 1. The fourth-order valence-electron chi connectivity index (χ4n) is 3.60. The Morgan fingerprint density at radius 3 is 2.65 bits per heavy atom. The van der Waals surface area contributed by atoms with Crippen molar-refractivity contribution in [2.24, 2.45) is 0 Å². The first-order chi connectivity index (χ1) is 12.5. The van der Waals surface area contributed by atoms with Crippen LogP contribution in [0.4, 0.5) is 0 Å². The predicted molar refractivity (Wildman–Crippen MR) is 101 cm³/mol. The van der Waals surface area contributed by atoms with Gasteiger partial charge in [-0.25, -0.2) is 4.79 Å². The fourth-order valence-corrected chi connectivity index (χ4v) is 3.60. The zero-order valence-electron chi connectivity index (χ0n) is 15.2. The Labute approximate surface area is 152 Å². The summed E-state index contributed by atoms with van der Waals surface area (Å²) < 4.78 is 2.06. The molecule has 0 aliphatic carbocycles. The van der Waals surface area contributed by atoms with Gasteiger partial charge in [-0.05, 0) is 41.7 Å². The van der Waals surface area contributed by atoms with E-state index in [9.17, 15) is 14.7 Å². The van der Waals surface area contributed by atoms with E-state index in [2.05, 4.69) is 9.55 Å². The molecule has 0 spiro atoms. The molecular formula is C21H22N2O3. The maximum absolute atomic E-state index is 12.0. The standard InChI is InChI=1S/C21H22N2O3/c1-4-15-8-16(21(25)26)9-18-19(15)17(12-24)20(13(2)3)23(18)11-14-6-5-7-22-10-14/h5-10,12-13H,4,11H2,1-3H3,(H,25,26). The molecule has 3 aromatic rings. The molecule has 0 amide bonds. The van der Waals surface area contributed by atoms with Gasteiger partial charge in [-0.3, -0.25) is 9.78 Å². The number of carbonyl (C=O) groups excluding carboxylic acids is 1. The number of carboxylic acids is 1. The first-order valence-corrected chi connectivity index (χ1v) is 8.74. The van der Waals surface area contributed by atoms with Gasteiger partial charge in [0.05, 0.1) is 11.1 Å². The molecule has 1 aromatic carbocycles. The second kappa shape index (κ2) is 7.12. The van der Waals surface area contributed by atoms with Crippen molar-refractivity contribution in [1.29, 1.82) is 0 Å². The molecule has 26 heavy (non-hydrogen) atoms. The quantitative estimate of drug-likeness (QED) is 0.674. The fraction of sp³-hybridized carbons (Fsp3) is 0.286. The summed E-state index contributed by atoms with van der Waals surface area (Å²) in [6.45, 7) is 6.61. The molecule has 0 fully saturated rings. The number of carbonyl (C=O) groups is 2. The molecule has 0 unspecified atom stereocenters. The number of rotatable bonds is 6. The van der Waals surface area contributed by atoms with Crippen LogP contribution in [0, 0.1) is 0 Å². The average Bonchev–Trinajstić information content (AvgIpc) is 2.95. The van der Waals surface area contributed by atoms with Gasteiger partial charge in [-0.2, -0.15) is 0 Å². The van der Waals surface area contributed by atoms with Crippen LogP contribution < -0.4 is 0 Å². The van der Waals surface area contributed by atoms with Gasteiger partial charge in [0.1, 0.15) is 0 Å². The third kappa shape index (κ3) is 3.01. The van der Waals surface area contributed by atoms with Crippen LogP contribution in [0.1, 0.15) is 64.2 Å². The van der Waals surface area contributed by atoms with E-state index in [-0.39, 0.29) is 11.5 Å². The van der Waals surface area contributed by atoms with Crippen molar-refractivity contribution in [1.82, 2.24) is 9.55 Å². The van der Waals surface area contributed by atoms with Crippen LogP contribution in [0.5, 0.6) is 0 Å². The van der Waals surface area contributed by atoms with Gasteiger partial charge >= 0.3 is 5.97 Å². The second-order valence-corrected chi connectivity index (χ2v) is 6.71. The van der Waals surface area contributed by atoms with Crippen LogP contribution >= 0.6 is 0 Å². The van der Waals surface area contributed by atoms with Gasteiger partial charge in [0.2, 0.25) is 0 Å². The number of aromatic carboxylic acids is 1. The normalized spacial score (nSPS) is 11.2. The van der Waals surface area contributed by atoms with Gasteiger partial charge in [0.25, 0.3) is 0 Å². The highest BCUT2D eigenvalue weighted by atomic mass is 16.4. The molecule has 0 radical (unpaired) electrons. The minimum absolute atomic E-state index is 0.122. The minimum Gasteiger partial charge on any atom is -0.478 e. The van der Waals surface area contributed by atoms with E-state index in [0.29, 0.717) is 18.5 Å². The maximum Gasteiger partial charge on any atom is 0.335 e. The first-order valence-electron chi connectivity index (χ1n) is 8.74. The van der Waals surface area contributed by atoms with Crippen LogP contribution in [-0.4, -0.2) is 26.9 Å². The molecule has 0 bridgehead atoms. The molecule has 134 valence electrons. The van der Waals surface area contributed by atoms with E-state index < -0.39 is 5.97 Å². The molecule has 5 nitrogen and oxygen atoms in total. The number of aldehydes is 1. The summed E-state index contributed by atoms with van der Waals surface area (Å²) >= 11 is 0. The Morgan fingerprint density at radius 2 is 2.12 bits per heavy atom. The third-order valence-electron chi connectivity index (χ3n) is 4.68. The summed E-state index contributed by atoms with van der Waals surface area (Å²) in [5.74, 6) is -0.841. The number of hydrogen-bond acceptors (Lipinski definition) is 3. The smallest absolute Gasteiger partial charge is 0.335 e. The Hall–Kier alpha value is -2.95. The topological polar surface area (TPSA) is 72.2 Å². The lowest BCUT2D eigenvalue weighted by Crippen LogP contribution is -2.08. The third-order valence-corrected chi connectivity index (χ3v) is 4.68. The zero-order valence-corrected chi connectivity index (χ0v) is 15.2. The molecule has 5 heteroatoms. The molecule has 2 aromatic heterocycles. The van der Waals surface area contributed by atoms with E-state index in [1.165, 1.54) is 0 Å². The van der Waals surface area contributed by atoms with Crippen LogP contribution in [0.2, 0.25) is 0 Å². The summed E-state index contributed by atoms with van der Waals surface area (Å²) in [7, 11) is 0. The lowest BCUT2D eigenvalue weighted by atomic mass is 9.98. The number of pyridine rings is 1. The maximum atomic E-state index is 12.0. The summed E-state index contributed by atoms with van der Waals surface area (Å²) in [6.07, 6.45) is 5.07. The number of carboxylic acid groups (broad SMARTS) is 1. The van der Waals surface area contributed by atoms with Crippen molar-refractivity contribution in [3.05, 3.63) is 64.6 Å². The Balaban J connectivity index is 2.39. The molecule has 0 aliphatic heterocycles. The number of fused-ring (bicyclic) bond motifs is 1. The van der Waals surface area contributed by atoms with E-state index in [1.54, 1.807) is 24.5 Å². The summed E-state index contributed by atoms with van der Waals surface area (Å²) in [4.78, 5) is 27.7. The predicted octanol–water partition coefficient (Wildman–Crippen LogP) is 4.28. The highest BCUT2D eigenvalue weighted by Gasteiger charge is 2.23. The summed E-state index contributed by atoms with van der Waals surface area (Å²) in [5.41, 5.74) is 4.50. The zero-order chi connectivity index (χ0) is 18.8. The van der Waals surface area contributed by atoms with Crippen molar-refractivity contribution in [2.75, 3.05) is 0 Å². The van der Waals surface area contributed by atoms with E-state index in [4.69, 9.17) is 0 Å². The van der Waals surface area contributed by atoms with Crippen LogP contribution in [0.3, 0.4) is 0 Å². The SMILES string of the molecule is CCc1cc(C(=O)O)cc2c1c(C=O)c(C(C)C)n2Cc1cccnc1. The largest absolute Gasteiger partial charge is 0.478 e. The molecule has 0 atom stereocenters. The monoisotopic (exact) mass is 350 g/mol. The first kappa shape index (κ1) is 17.9. The molecule has 0 saturated heterocycles.